The van der Waals surface area contributed by atoms with Crippen LogP contribution in [-0.4, -0.2) is 35.0 Å². The molecule has 2 atom stereocenters. The number of benzene rings is 1. The van der Waals surface area contributed by atoms with E-state index >= 15 is 0 Å². The lowest BCUT2D eigenvalue weighted by Gasteiger charge is -2.15. The molecule has 29 heavy (non-hydrogen) atoms. The van der Waals surface area contributed by atoms with Gasteiger partial charge in [-0.3, -0.25) is 9.78 Å². The van der Waals surface area contributed by atoms with Crippen molar-refractivity contribution in [3.63, 3.8) is 0 Å². The van der Waals surface area contributed by atoms with Crippen LogP contribution in [0.15, 0.2) is 55.0 Å². The van der Waals surface area contributed by atoms with Crippen molar-refractivity contribution in [1.82, 2.24) is 20.3 Å². The molecule has 1 fully saturated rings. The lowest BCUT2D eigenvalue weighted by molar-refractivity contribution is -0.122. The van der Waals surface area contributed by atoms with Crippen LogP contribution in [0.25, 0.3) is 22.4 Å². The topological polar surface area (TPSA) is 71.0 Å². The molecule has 0 saturated heterocycles. The Morgan fingerprint density at radius 2 is 1.79 bits per heavy atom. The Bertz CT molecular complexity index is 1000. The Labute approximate surface area is 171 Å². The van der Waals surface area contributed by atoms with Crippen LogP contribution in [0, 0.1) is 11.8 Å². The Kier molecular flexibility index (Phi) is 5.25. The highest BCUT2D eigenvalue weighted by Crippen LogP contribution is 2.37. The summed E-state index contributed by atoms with van der Waals surface area (Å²) in [4.78, 5) is 27.3. The van der Waals surface area contributed by atoms with Gasteiger partial charge in [-0.25, -0.2) is 9.97 Å². The summed E-state index contributed by atoms with van der Waals surface area (Å²) in [7, 11) is 3.86. The standard InChI is InChI=1S/C23H25N5O/c1-15-12-19(15)22(29)25-13-16-4-6-18(7-5-16)21-20(17-8-10-24-11-9-17)14-26-23(27-21)28(2)3/h4-11,14-15,19H,12-13H2,1-3H3,(H,25,29)/t15-,19+/m0/s1. The highest BCUT2D eigenvalue weighted by Gasteiger charge is 2.38. The van der Waals surface area contributed by atoms with E-state index in [9.17, 15) is 4.79 Å². The van der Waals surface area contributed by atoms with E-state index in [4.69, 9.17) is 4.98 Å². The van der Waals surface area contributed by atoms with Gasteiger partial charge in [-0.2, -0.15) is 0 Å². The zero-order chi connectivity index (χ0) is 20.4. The number of hydrogen-bond donors (Lipinski definition) is 1. The summed E-state index contributed by atoms with van der Waals surface area (Å²) in [5.41, 5.74) is 4.94. The summed E-state index contributed by atoms with van der Waals surface area (Å²) in [5.74, 6) is 1.54. The van der Waals surface area contributed by atoms with Crippen molar-refractivity contribution in [2.45, 2.75) is 19.9 Å². The van der Waals surface area contributed by atoms with E-state index in [0.717, 1.165) is 34.4 Å². The van der Waals surface area contributed by atoms with Gasteiger partial charge in [-0.15, -0.1) is 0 Å². The lowest BCUT2D eigenvalue weighted by atomic mass is 10.0. The molecule has 0 unspecified atom stereocenters. The highest BCUT2D eigenvalue weighted by atomic mass is 16.2. The number of carbonyl (C=O) groups excluding carboxylic acids is 1. The van der Waals surface area contributed by atoms with E-state index in [2.05, 4.69) is 22.2 Å². The summed E-state index contributed by atoms with van der Waals surface area (Å²) in [6, 6.07) is 12.1. The summed E-state index contributed by atoms with van der Waals surface area (Å²) in [5, 5.41) is 3.03. The molecule has 6 nitrogen and oxygen atoms in total. The predicted octanol–water partition coefficient (Wildman–Crippen LogP) is 3.54. The predicted molar refractivity (Wildman–Crippen MR) is 114 cm³/mol. The van der Waals surface area contributed by atoms with Crippen LogP contribution in [0.3, 0.4) is 0 Å². The fraction of sp³-hybridized carbons (Fsp3) is 0.304. The van der Waals surface area contributed by atoms with Gasteiger partial charge in [0.05, 0.1) is 5.69 Å². The Morgan fingerprint density at radius 1 is 1.10 bits per heavy atom. The third kappa shape index (κ3) is 4.26. The molecule has 0 radical (unpaired) electrons. The molecule has 1 saturated carbocycles. The van der Waals surface area contributed by atoms with E-state index in [0.29, 0.717) is 18.4 Å². The first kappa shape index (κ1) is 19.1. The minimum atomic E-state index is 0.160. The first-order valence-corrected chi connectivity index (χ1v) is 9.84. The van der Waals surface area contributed by atoms with Crippen LogP contribution in [0.4, 0.5) is 5.95 Å². The van der Waals surface area contributed by atoms with Gasteiger partial charge in [0.15, 0.2) is 0 Å². The second kappa shape index (κ2) is 7.99. The second-order valence-corrected chi connectivity index (χ2v) is 7.80. The molecule has 6 heteroatoms. The third-order valence-corrected chi connectivity index (χ3v) is 5.31. The molecule has 1 amide bonds. The van der Waals surface area contributed by atoms with Crippen molar-refractivity contribution in [2.75, 3.05) is 19.0 Å². The molecule has 1 aliphatic rings. The minimum Gasteiger partial charge on any atom is -0.352 e. The van der Waals surface area contributed by atoms with E-state index in [-0.39, 0.29) is 11.8 Å². The Hall–Kier alpha value is -3.28. The normalized spacial score (nSPS) is 17.6. The largest absolute Gasteiger partial charge is 0.352 e. The molecule has 2 heterocycles. The van der Waals surface area contributed by atoms with Crippen molar-refractivity contribution < 1.29 is 4.79 Å². The number of nitrogens with zero attached hydrogens (tertiary/aromatic N) is 4. The molecule has 1 N–H and O–H groups in total. The molecule has 3 aromatic rings. The maximum absolute atomic E-state index is 12.0. The van der Waals surface area contributed by atoms with Crippen LogP contribution < -0.4 is 10.2 Å². The number of aromatic nitrogens is 3. The van der Waals surface area contributed by atoms with Crippen molar-refractivity contribution in [1.29, 1.82) is 0 Å². The van der Waals surface area contributed by atoms with Gasteiger partial charge in [0.1, 0.15) is 0 Å². The number of anilines is 1. The molecule has 1 aliphatic carbocycles. The monoisotopic (exact) mass is 387 g/mol. The lowest BCUT2D eigenvalue weighted by Crippen LogP contribution is -2.24. The van der Waals surface area contributed by atoms with Gasteiger partial charge in [0.2, 0.25) is 11.9 Å². The maximum Gasteiger partial charge on any atom is 0.225 e. The van der Waals surface area contributed by atoms with Gasteiger partial charge in [0, 0.05) is 56.3 Å². The van der Waals surface area contributed by atoms with Gasteiger partial charge < -0.3 is 10.2 Å². The molecule has 2 aromatic heterocycles. The fourth-order valence-electron chi connectivity index (χ4n) is 3.34. The van der Waals surface area contributed by atoms with Gasteiger partial charge in [-0.1, -0.05) is 31.2 Å². The number of pyridine rings is 1. The number of carbonyl (C=O) groups is 1. The number of amides is 1. The van der Waals surface area contributed by atoms with Crippen LogP contribution in [0.5, 0.6) is 0 Å². The number of nitrogens with one attached hydrogen (secondary N) is 1. The Morgan fingerprint density at radius 3 is 2.41 bits per heavy atom. The number of rotatable bonds is 6. The van der Waals surface area contributed by atoms with Crippen LogP contribution in [0.2, 0.25) is 0 Å². The first-order chi connectivity index (χ1) is 14.0. The van der Waals surface area contributed by atoms with Crippen LogP contribution in [-0.2, 0) is 11.3 Å². The number of hydrogen-bond acceptors (Lipinski definition) is 5. The van der Waals surface area contributed by atoms with Crippen molar-refractivity contribution >= 4 is 11.9 Å². The molecule has 148 valence electrons. The molecular weight excluding hydrogens is 362 g/mol. The van der Waals surface area contributed by atoms with Gasteiger partial charge in [-0.05, 0) is 35.6 Å². The summed E-state index contributed by atoms with van der Waals surface area (Å²) in [6.07, 6.45) is 6.40. The summed E-state index contributed by atoms with van der Waals surface area (Å²) in [6.45, 7) is 2.66. The molecule has 0 spiro atoms. The average molecular weight is 387 g/mol. The van der Waals surface area contributed by atoms with Crippen molar-refractivity contribution in [2.24, 2.45) is 11.8 Å². The van der Waals surface area contributed by atoms with Crippen molar-refractivity contribution in [3.8, 4) is 22.4 Å². The molecular formula is C23H25N5O. The van der Waals surface area contributed by atoms with Crippen molar-refractivity contribution in [3.05, 3.63) is 60.6 Å². The summed E-state index contributed by atoms with van der Waals surface area (Å²) < 4.78 is 0. The molecule has 0 bridgehead atoms. The smallest absolute Gasteiger partial charge is 0.225 e. The fourth-order valence-corrected chi connectivity index (χ4v) is 3.34. The van der Waals surface area contributed by atoms with Gasteiger partial charge >= 0.3 is 0 Å². The zero-order valence-electron chi connectivity index (χ0n) is 17.0. The van der Waals surface area contributed by atoms with E-state index in [1.165, 1.54) is 0 Å². The van der Waals surface area contributed by atoms with Crippen LogP contribution in [0.1, 0.15) is 18.9 Å². The SMILES string of the molecule is C[C@H]1C[C@H]1C(=O)NCc1ccc(-c2nc(N(C)C)ncc2-c2ccncc2)cc1. The molecule has 4 rings (SSSR count). The van der Waals surface area contributed by atoms with E-state index in [1.54, 1.807) is 12.4 Å². The average Bonchev–Trinajstić information content (AvgIpc) is 3.49. The second-order valence-electron chi connectivity index (χ2n) is 7.80. The highest BCUT2D eigenvalue weighted by molar-refractivity contribution is 5.82. The Balaban J connectivity index is 1.59. The van der Waals surface area contributed by atoms with E-state index in [1.807, 2.05) is 61.6 Å². The van der Waals surface area contributed by atoms with Crippen LogP contribution >= 0.6 is 0 Å². The van der Waals surface area contributed by atoms with Gasteiger partial charge in [0.25, 0.3) is 0 Å². The summed E-state index contributed by atoms with van der Waals surface area (Å²) >= 11 is 0. The van der Waals surface area contributed by atoms with E-state index < -0.39 is 0 Å². The molecule has 1 aromatic carbocycles. The quantitative estimate of drug-likeness (QED) is 0.700. The zero-order valence-corrected chi connectivity index (χ0v) is 17.0. The maximum atomic E-state index is 12.0. The first-order valence-electron chi connectivity index (χ1n) is 9.84. The molecule has 0 aliphatic heterocycles. The third-order valence-electron chi connectivity index (χ3n) is 5.31. The minimum absolute atomic E-state index is 0.160.